The van der Waals surface area contributed by atoms with Gasteiger partial charge in [0.25, 0.3) is 0 Å². The lowest BCUT2D eigenvalue weighted by Gasteiger charge is -2.19. The van der Waals surface area contributed by atoms with E-state index in [1.165, 1.54) is 12.0 Å². The molecule has 0 aliphatic carbocycles. The number of nitrogens with zero attached hydrogens (tertiary/aromatic N) is 2. The summed E-state index contributed by atoms with van der Waals surface area (Å²) in [6, 6.07) is 8.62. The fourth-order valence-corrected chi connectivity index (χ4v) is 2.36. The molecule has 0 fully saturated rings. The number of nitrogens with one attached hydrogen (secondary N) is 2. The Kier molecular flexibility index (Phi) is 13.5. The number of benzene rings is 1. The molecule has 1 unspecified atom stereocenters. The Labute approximate surface area is 177 Å². The maximum absolute atomic E-state index is 5.79. The van der Waals surface area contributed by atoms with Crippen LogP contribution in [0.25, 0.3) is 0 Å². The molecule has 1 rings (SSSR count). The number of guanidine groups is 1. The molecule has 0 aromatic heterocycles. The predicted octanol–water partition coefficient (Wildman–Crippen LogP) is 3.73. The summed E-state index contributed by atoms with van der Waals surface area (Å²) < 4.78 is 5.79. The molecule has 1 aromatic rings. The summed E-state index contributed by atoms with van der Waals surface area (Å²) in [7, 11) is 5.90. The van der Waals surface area contributed by atoms with Crippen LogP contribution >= 0.6 is 24.0 Å². The van der Waals surface area contributed by atoms with Crippen LogP contribution in [0.5, 0.6) is 5.75 Å². The third-order valence-corrected chi connectivity index (χ3v) is 3.95. The molecule has 0 spiro atoms. The SMILES string of the molecule is CN=C(NCc1cccc(OCCN(C)C)c1)NC(C)CCC(C)C.I. The Bertz CT molecular complexity index is 520. The van der Waals surface area contributed by atoms with Crippen molar-refractivity contribution in [1.82, 2.24) is 15.5 Å². The average molecular weight is 476 g/mol. The van der Waals surface area contributed by atoms with E-state index in [9.17, 15) is 0 Å². The van der Waals surface area contributed by atoms with Crippen LogP contribution in [0.1, 0.15) is 39.2 Å². The highest BCUT2D eigenvalue weighted by atomic mass is 127. The van der Waals surface area contributed by atoms with Crippen molar-refractivity contribution >= 4 is 29.9 Å². The molecule has 150 valence electrons. The number of hydrogen-bond donors (Lipinski definition) is 2. The summed E-state index contributed by atoms with van der Waals surface area (Å²) in [5.41, 5.74) is 1.18. The van der Waals surface area contributed by atoms with Gasteiger partial charge in [-0.2, -0.15) is 0 Å². The highest BCUT2D eigenvalue weighted by Gasteiger charge is 2.06. The number of aliphatic imine (C=N–C) groups is 1. The second kappa shape index (κ2) is 14.1. The Morgan fingerprint density at radius 1 is 1.19 bits per heavy atom. The van der Waals surface area contributed by atoms with Crippen molar-refractivity contribution in [3.8, 4) is 5.75 Å². The van der Waals surface area contributed by atoms with Gasteiger partial charge in [0.1, 0.15) is 12.4 Å². The Balaban J connectivity index is 0.00000625. The van der Waals surface area contributed by atoms with Crippen LogP contribution in [0.3, 0.4) is 0 Å². The molecule has 0 saturated heterocycles. The van der Waals surface area contributed by atoms with Crippen molar-refractivity contribution < 1.29 is 4.74 Å². The summed E-state index contributed by atoms with van der Waals surface area (Å²) in [4.78, 5) is 6.43. The normalized spacial score (nSPS) is 12.7. The van der Waals surface area contributed by atoms with Gasteiger partial charge in [-0.05, 0) is 57.5 Å². The summed E-state index contributed by atoms with van der Waals surface area (Å²) in [6.45, 7) is 9.05. The van der Waals surface area contributed by atoms with Gasteiger partial charge in [0.15, 0.2) is 5.96 Å². The Hall–Kier alpha value is -1.02. The van der Waals surface area contributed by atoms with Crippen molar-refractivity contribution in [2.45, 2.75) is 46.2 Å². The first kappa shape index (κ1) is 25.0. The zero-order valence-corrected chi connectivity index (χ0v) is 19.5. The van der Waals surface area contributed by atoms with Gasteiger partial charge in [0.05, 0.1) is 0 Å². The fourth-order valence-electron chi connectivity index (χ4n) is 2.36. The minimum Gasteiger partial charge on any atom is -0.492 e. The number of rotatable bonds is 10. The van der Waals surface area contributed by atoms with Gasteiger partial charge in [-0.3, -0.25) is 4.99 Å². The number of ether oxygens (including phenoxy) is 1. The van der Waals surface area contributed by atoms with Crippen molar-refractivity contribution in [1.29, 1.82) is 0 Å². The van der Waals surface area contributed by atoms with Crippen LogP contribution in [-0.4, -0.2) is 51.2 Å². The highest BCUT2D eigenvalue weighted by Crippen LogP contribution is 2.13. The topological polar surface area (TPSA) is 48.9 Å². The van der Waals surface area contributed by atoms with E-state index in [0.717, 1.165) is 37.1 Å². The van der Waals surface area contributed by atoms with Gasteiger partial charge in [0, 0.05) is 26.2 Å². The van der Waals surface area contributed by atoms with Gasteiger partial charge < -0.3 is 20.3 Å². The van der Waals surface area contributed by atoms with Gasteiger partial charge in [-0.1, -0.05) is 26.0 Å². The molecular formula is C20H37IN4O. The summed E-state index contributed by atoms with van der Waals surface area (Å²) in [5.74, 6) is 2.49. The zero-order valence-electron chi connectivity index (χ0n) is 17.2. The van der Waals surface area contributed by atoms with Gasteiger partial charge in [-0.25, -0.2) is 0 Å². The van der Waals surface area contributed by atoms with Crippen molar-refractivity contribution in [3.05, 3.63) is 29.8 Å². The van der Waals surface area contributed by atoms with E-state index in [-0.39, 0.29) is 24.0 Å². The Morgan fingerprint density at radius 3 is 2.54 bits per heavy atom. The summed E-state index contributed by atoms with van der Waals surface area (Å²) in [5, 5.41) is 6.84. The largest absolute Gasteiger partial charge is 0.492 e. The molecule has 0 bridgehead atoms. The predicted molar refractivity (Wildman–Crippen MR) is 123 cm³/mol. The van der Waals surface area contributed by atoms with Crippen LogP contribution in [0.4, 0.5) is 0 Å². The third kappa shape index (κ3) is 11.6. The fraction of sp³-hybridized carbons (Fsp3) is 0.650. The minimum atomic E-state index is 0. The molecule has 0 amide bonds. The molecule has 0 radical (unpaired) electrons. The van der Waals surface area contributed by atoms with Crippen molar-refractivity contribution in [2.24, 2.45) is 10.9 Å². The maximum atomic E-state index is 5.79. The second-order valence-electron chi connectivity index (χ2n) is 7.24. The van der Waals surface area contributed by atoms with Crippen LogP contribution in [0.15, 0.2) is 29.3 Å². The lowest BCUT2D eigenvalue weighted by Crippen LogP contribution is -2.41. The molecule has 0 heterocycles. The Morgan fingerprint density at radius 2 is 1.92 bits per heavy atom. The molecule has 1 aromatic carbocycles. The van der Waals surface area contributed by atoms with Gasteiger partial charge in [0.2, 0.25) is 0 Å². The van der Waals surface area contributed by atoms with E-state index in [4.69, 9.17) is 4.74 Å². The van der Waals surface area contributed by atoms with Crippen LogP contribution in [0.2, 0.25) is 0 Å². The molecule has 6 heteroatoms. The molecule has 26 heavy (non-hydrogen) atoms. The first-order valence-corrected chi connectivity index (χ1v) is 9.24. The van der Waals surface area contributed by atoms with Crippen LogP contribution in [-0.2, 0) is 6.54 Å². The second-order valence-corrected chi connectivity index (χ2v) is 7.24. The molecule has 2 N–H and O–H groups in total. The third-order valence-electron chi connectivity index (χ3n) is 3.95. The van der Waals surface area contributed by atoms with Crippen molar-refractivity contribution in [2.75, 3.05) is 34.3 Å². The summed E-state index contributed by atoms with van der Waals surface area (Å²) >= 11 is 0. The minimum absolute atomic E-state index is 0. The van der Waals surface area contributed by atoms with E-state index >= 15 is 0 Å². The van der Waals surface area contributed by atoms with Gasteiger partial charge in [-0.15, -0.1) is 24.0 Å². The maximum Gasteiger partial charge on any atom is 0.191 e. The molecule has 0 aliphatic heterocycles. The van der Waals surface area contributed by atoms with Crippen molar-refractivity contribution in [3.63, 3.8) is 0 Å². The van der Waals surface area contributed by atoms with Crippen LogP contribution in [0, 0.1) is 5.92 Å². The van der Waals surface area contributed by atoms with Gasteiger partial charge >= 0.3 is 0 Å². The molecule has 0 saturated carbocycles. The average Bonchev–Trinajstić information content (AvgIpc) is 2.56. The van der Waals surface area contributed by atoms with E-state index in [1.54, 1.807) is 0 Å². The van der Waals surface area contributed by atoms with E-state index < -0.39 is 0 Å². The molecule has 5 nitrogen and oxygen atoms in total. The first-order chi connectivity index (χ1) is 11.9. The molecule has 1 atom stereocenters. The quantitative estimate of drug-likeness (QED) is 0.307. The number of hydrogen-bond acceptors (Lipinski definition) is 3. The number of likely N-dealkylation sites (N-methyl/N-ethyl adjacent to an activating group) is 1. The van der Waals surface area contributed by atoms with Crippen LogP contribution < -0.4 is 15.4 Å². The molecular weight excluding hydrogens is 439 g/mol. The molecule has 0 aliphatic rings. The van der Waals surface area contributed by atoms with E-state index in [2.05, 4.69) is 53.4 Å². The van der Waals surface area contributed by atoms with E-state index in [1.807, 2.05) is 33.3 Å². The smallest absolute Gasteiger partial charge is 0.191 e. The summed E-state index contributed by atoms with van der Waals surface area (Å²) in [6.07, 6.45) is 2.37. The zero-order chi connectivity index (χ0) is 18.7. The highest BCUT2D eigenvalue weighted by molar-refractivity contribution is 14.0. The number of halogens is 1. The lowest BCUT2D eigenvalue weighted by molar-refractivity contribution is 0.261. The van der Waals surface area contributed by atoms with E-state index in [0.29, 0.717) is 12.6 Å². The first-order valence-electron chi connectivity index (χ1n) is 9.24. The monoisotopic (exact) mass is 476 g/mol. The lowest BCUT2D eigenvalue weighted by atomic mass is 10.0. The standard InChI is InChI=1S/C20H36N4O.HI/c1-16(2)10-11-17(3)23-20(21-4)22-15-18-8-7-9-19(14-18)25-13-12-24(5)6;/h7-9,14,16-17H,10-13,15H2,1-6H3,(H2,21,22,23);1H.